The molecule has 0 atom stereocenters. The number of anilines is 1. The van der Waals surface area contributed by atoms with Gasteiger partial charge in [0.1, 0.15) is 0 Å². The summed E-state index contributed by atoms with van der Waals surface area (Å²) in [4.78, 5) is 27.4. The topological polar surface area (TPSA) is 73.2 Å². The Hall–Kier alpha value is -2.86. The number of para-hydroxylation sites is 1. The van der Waals surface area contributed by atoms with Crippen LogP contribution in [-0.4, -0.2) is 21.4 Å². The third-order valence-electron chi connectivity index (χ3n) is 3.46. The van der Waals surface area contributed by atoms with E-state index in [0.29, 0.717) is 11.3 Å². The zero-order chi connectivity index (χ0) is 17.3. The molecule has 0 bridgehead atoms. The minimum atomic E-state index is -0.494. The summed E-state index contributed by atoms with van der Waals surface area (Å²) in [5, 5.41) is 3.61. The summed E-state index contributed by atoms with van der Waals surface area (Å²) in [5.41, 5.74) is 1.83. The molecular formula is C17H14ClN3O3. The Morgan fingerprint density at radius 3 is 2.67 bits per heavy atom. The Morgan fingerprint density at radius 1 is 1.21 bits per heavy atom. The molecule has 0 fully saturated rings. The highest BCUT2D eigenvalue weighted by Crippen LogP contribution is 2.25. The molecule has 0 saturated carbocycles. The van der Waals surface area contributed by atoms with Crippen molar-refractivity contribution in [2.45, 2.75) is 6.92 Å². The van der Waals surface area contributed by atoms with E-state index in [1.165, 1.54) is 19.1 Å². The average molecular weight is 344 g/mol. The normalized spacial score (nSPS) is 10.6. The molecule has 0 radical (unpaired) electrons. The third-order valence-corrected chi connectivity index (χ3v) is 3.75. The Balaban J connectivity index is 1.88. The van der Waals surface area contributed by atoms with Crippen LogP contribution in [0.2, 0.25) is 5.15 Å². The largest absolute Gasteiger partial charge is 0.408 e. The van der Waals surface area contributed by atoms with E-state index < -0.39 is 5.97 Å². The second-order valence-corrected chi connectivity index (χ2v) is 5.56. The Bertz CT molecular complexity index is 949. The van der Waals surface area contributed by atoms with Crippen LogP contribution in [0.3, 0.4) is 0 Å². The van der Waals surface area contributed by atoms with Crippen molar-refractivity contribution in [2.75, 3.05) is 5.32 Å². The van der Waals surface area contributed by atoms with Gasteiger partial charge in [0.15, 0.2) is 5.15 Å². The Labute approximate surface area is 143 Å². The SMILES string of the molecule is CC(=O)Oc1ccc(NC(=O)c2cn(C)c3ccccc23)c(Cl)n1. The van der Waals surface area contributed by atoms with E-state index in [0.717, 1.165) is 10.9 Å². The summed E-state index contributed by atoms with van der Waals surface area (Å²) in [7, 11) is 1.88. The number of fused-ring (bicyclic) bond motifs is 1. The fourth-order valence-electron chi connectivity index (χ4n) is 2.43. The smallest absolute Gasteiger partial charge is 0.309 e. The highest BCUT2D eigenvalue weighted by molar-refractivity contribution is 6.33. The van der Waals surface area contributed by atoms with Gasteiger partial charge >= 0.3 is 5.97 Å². The number of hydrogen-bond donors (Lipinski definition) is 1. The zero-order valence-electron chi connectivity index (χ0n) is 13.0. The Morgan fingerprint density at radius 2 is 1.96 bits per heavy atom. The molecule has 0 spiro atoms. The predicted molar refractivity (Wildman–Crippen MR) is 91.4 cm³/mol. The molecule has 3 aromatic rings. The number of benzene rings is 1. The predicted octanol–water partition coefficient (Wildman–Crippen LogP) is 3.40. The molecular weight excluding hydrogens is 330 g/mol. The summed E-state index contributed by atoms with van der Waals surface area (Å²) in [6.45, 7) is 1.27. The highest BCUT2D eigenvalue weighted by atomic mass is 35.5. The molecule has 0 saturated heterocycles. The number of ether oxygens (including phenoxy) is 1. The number of rotatable bonds is 3. The van der Waals surface area contributed by atoms with Crippen LogP contribution in [0.15, 0.2) is 42.6 Å². The van der Waals surface area contributed by atoms with E-state index in [1.54, 1.807) is 6.20 Å². The fourth-order valence-corrected chi connectivity index (χ4v) is 2.62. The molecule has 122 valence electrons. The van der Waals surface area contributed by atoms with Crippen molar-refractivity contribution in [3.8, 4) is 5.88 Å². The number of pyridine rings is 1. The monoisotopic (exact) mass is 343 g/mol. The van der Waals surface area contributed by atoms with Crippen LogP contribution in [0.4, 0.5) is 5.69 Å². The highest BCUT2D eigenvalue weighted by Gasteiger charge is 2.15. The van der Waals surface area contributed by atoms with Crippen LogP contribution in [0.5, 0.6) is 5.88 Å². The maximum atomic E-state index is 12.6. The number of carbonyl (C=O) groups excluding carboxylic acids is 2. The van der Waals surface area contributed by atoms with Gasteiger partial charge in [-0.05, 0) is 12.1 Å². The summed E-state index contributed by atoms with van der Waals surface area (Å²) in [6.07, 6.45) is 1.76. The van der Waals surface area contributed by atoms with Gasteiger partial charge in [0.05, 0.1) is 11.3 Å². The minimum absolute atomic E-state index is 0.0438. The maximum absolute atomic E-state index is 12.6. The zero-order valence-corrected chi connectivity index (χ0v) is 13.8. The van der Waals surface area contributed by atoms with Crippen LogP contribution >= 0.6 is 11.6 Å². The van der Waals surface area contributed by atoms with Crippen LogP contribution in [0, 0.1) is 0 Å². The van der Waals surface area contributed by atoms with E-state index in [1.807, 2.05) is 35.9 Å². The van der Waals surface area contributed by atoms with Gasteiger partial charge in [-0.15, -0.1) is 0 Å². The lowest BCUT2D eigenvalue weighted by Gasteiger charge is -2.07. The minimum Gasteiger partial charge on any atom is -0.408 e. The number of carbonyl (C=O) groups is 2. The average Bonchev–Trinajstić information content (AvgIpc) is 2.87. The molecule has 1 amide bonds. The summed E-state index contributed by atoms with van der Waals surface area (Å²) >= 11 is 6.05. The lowest BCUT2D eigenvalue weighted by Crippen LogP contribution is -2.12. The van der Waals surface area contributed by atoms with E-state index in [4.69, 9.17) is 16.3 Å². The first kappa shape index (κ1) is 16.0. The molecule has 1 N–H and O–H groups in total. The van der Waals surface area contributed by atoms with Gasteiger partial charge in [0.2, 0.25) is 5.88 Å². The van der Waals surface area contributed by atoms with Crippen LogP contribution in [-0.2, 0) is 11.8 Å². The number of esters is 1. The van der Waals surface area contributed by atoms with Crippen molar-refractivity contribution >= 4 is 40.1 Å². The number of nitrogens with one attached hydrogen (secondary N) is 1. The first-order valence-electron chi connectivity index (χ1n) is 7.16. The molecule has 7 heteroatoms. The molecule has 6 nitrogen and oxygen atoms in total. The fraction of sp³-hybridized carbons (Fsp3) is 0.118. The van der Waals surface area contributed by atoms with E-state index >= 15 is 0 Å². The number of nitrogens with zero attached hydrogens (tertiary/aromatic N) is 2. The first-order chi connectivity index (χ1) is 11.5. The van der Waals surface area contributed by atoms with Crippen molar-refractivity contribution in [3.63, 3.8) is 0 Å². The van der Waals surface area contributed by atoms with Gasteiger partial charge in [-0.1, -0.05) is 29.8 Å². The Kier molecular flexibility index (Phi) is 4.22. The number of aromatic nitrogens is 2. The lowest BCUT2D eigenvalue weighted by molar-refractivity contribution is -0.132. The van der Waals surface area contributed by atoms with Crippen molar-refractivity contribution in [2.24, 2.45) is 7.05 Å². The van der Waals surface area contributed by atoms with Crippen molar-refractivity contribution < 1.29 is 14.3 Å². The molecule has 0 aliphatic carbocycles. The van der Waals surface area contributed by atoms with Crippen LogP contribution in [0.25, 0.3) is 10.9 Å². The van der Waals surface area contributed by atoms with Crippen molar-refractivity contribution in [1.29, 1.82) is 0 Å². The molecule has 0 aliphatic rings. The van der Waals surface area contributed by atoms with Gasteiger partial charge in [-0.2, -0.15) is 4.98 Å². The van der Waals surface area contributed by atoms with Crippen LogP contribution < -0.4 is 10.1 Å². The van der Waals surface area contributed by atoms with Gasteiger partial charge in [0, 0.05) is 37.1 Å². The van der Waals surface area contributed by atoms with Gasteiger partial charge in [0.25, 0.3) is 5.91 Å². The second-order valence-electron chi connectivity index (χ2n) is 5.21. The molecule has 0 unspecified atom stereocenters. The molecule has 1 aromatic carbocycles. The summed E-state index contributed by atoms with van der Waals surface area (Å²) < 4.78 is 6.73. The van der Waals surface area contributed by atoms with Crippen molar-refractivity contribution in [1.82, 2.24) is 9.55 Å². The maximum Gasteiger partial charge on any atom is 0.309 e. The number of halogens is 1. The summed E-state index contributed by atoms with van der Waals surface area (Å²) in [6, 6.07) is 10.6. The lowest BCUT2D eigenvalue weighted by atomic mass is 10.1. The standard InChI is InChI=1S/C17H14ClN3O3/c1-10(22)24-15-8-7-13(16(18)20-15)19-17(23)12-9-21(2)14-6-4-3-5-11(12)14/h3-9H,1-2H3,(H,19,23). The van der Waals surface area contributed by atoms with E-state index in [2.05, 4.69) is 10.3 Å². The van der Waals surface area contributed by atoms with Gasteiger partial charge in [-0.3, -0.25) is 9.59 Å². The van der Waals surface area contributed by atoms with E-state index in [-0.39, 0.29) is 16.9 Å². The van der Waals surface area contributed by atoms with E-state index in [9.17, 15) is 9.59 Å². The number of aryl methyl sites for hydroxylation is 1. The van der Waals surface area contributed by atoms with Crippen molar-refractivity contribution in [3.05, 3.63) is 53.3 Å². The number of amides is 1. The van der Waals surface area contributed by atoms with Gasteiger partial charge < -0.3 is 14.6 Å². The molecule has 3 rings (SSSR count). The molecule has 2 heterocycles. The van der Waals surface area contributed by atoms with Gasteiger partial charge in [-0.25, -0.2) is 0 Å². The molecule has 0 aliphatic heterocycles. The first-order valence-corrected chi connectivity index (χ1v) is 7.54. The molecule has 24 heavy (non-hydrogen) atoms. The number of hydrogen-bond acceptors (Lipinski definition) is 4. The quantitative estimate of drug-likeness (QED) is 0.584. The molecule has 2 aromatic heterocycles. The second kappa shape index (κ2) is 6.33. The summed E-state index contributed by atoms with van der Waals surface area (Å²) in [5.74, 6) is -0.711. The third kappa shape index (κ3) is 3.09. The van der Waals surface area contributed by atoms with Crippen LogP contribution in [0.1, 0.15) is 17.3 Å².